The van der Waals surface area contributed by atoms with Crippen LogP contribution in [0.2, 0.25) is 0 Å². The molecule has 1 N–H and O–H groups in total. The monoisotopic (exact) mass is 254 g/mol. The zero-order chi connectivity index (χ0) is 13.3. The zero-order valence-electron chi connectivity index (χ0n) is 12.0. The summed E-state index contributed by atoms with van der Waals surface area (Å²) in [5.41, 5.74) is 0. The van der Waals surface area contributed by atoms with Crippen molar-refractivity contribution >= 4 is 5.91 Å². The topological polar surface area (TPSA) is 41.6 Å². The van der Waals surface area contributed by atoms with Crippen LogP contribution in [0.15, 0.2) is 0 Å². The van der Waals surface area contributed by atoms with Crippen LogP contribution in [0.3, 0.4) is 0 Å². The molecule has 2 aliphatic rings. The van der Waals surface area contributed by atoms with Crippen LogP contribution < -0.4 is 5.32 Å². The van der Waals surface area contributed by atoms with E-state index in [0.29, 0.717) is 18.1 Å². The second-order valence-corrected chi connectivity index (χ2v) is 5.89. The summed E-state index contributed by atoms with van der Waals surface area (Å²) in [5, 5.41) is 3.49. The number of rotatable bonds is 4. The Hall–Kier alpha value is -0.610. The summed E-state index contributed by atoms with van der Waals surface area (Å²) in [6.07, 6.45) is 4.54. The van der Waals surface area contributed by atoms with E-state index in [9.17, 15) is 4.79 Å². The highest BCUT2D eigenvalue weighted by Crippen LogP contribution is 2.31. The summed E-state index contributed by atoms with van der Waals surface area (Å²) >= 11 is 0. The molecule has 1 aliphatic carbocycles. The molecular formula is C14H26N2O2. The molecule has 0 spiro atoms. The van der Waals surface area contributed by atoms with Crippen LogP contribution in [-0.4, -0.2) is 42.3 Å². The van der Waals surface area contributed by atoms with Gasteiger partial charge in [0.1, 0.15) is 0 Å². The first-order valence-electron chi connectivity index (χ1n) is 7.19. The normalized spacial score (nSPS) is 36.9. The summed E-state index contributed by atoms with van der Waals surface area (Å²) in [4.78, 5) is 14.6. The molecule has 4 atom stereocenters. The average Bonchev–Trinajstić information content (AvgIpc) is 2.92. The van der Waals surface area contributed by atoms with Gasteiger partial charge >= 0.3 is 0 Å². The molecule has 1 aliphatic heterocycles. The van der Waals surface area contributed by atoms with Gasteiger partial charge in [0, 0.05) is 13.2 Å². The number of amides is 1. The fourth-order valence-electron chi connectivity index (χ4n) is 3.27. The van der Waals surface area contributed by atoms with Crippen molar-refractivity contribution in [3.05, 3.63) is 0 Å². The minimum absolute atomic E-state index is 0.0130. The van der Waals surface area contributed by atoms with Crippen molar-refractivity contribution < 1.29 is 9.53 Å². The summed E-state index contributed by atoms with van der Waals surface area (Å²) in [6.45, 7) is 6.43. The number of ether oxygens (including phenoxy) is 1. The standard InChI is InChI=1S/C14H26N2O2/c1-5-12-14(17)16(13(15-12)9(2)3)10-6-7-11(8-10)18-4/h9-13,15H,5-8H2,1-4H3. The quantitative estimate of drug-likeness (QED) is 0.831. The lowest BCUT2D eigenvalue weighted by atomic mass is 10.1. The molecule has 1 heterocycles. The van der Waals surface area contributed by atoms with Gasteiger partial charge in [-0.1, -0.05) is 20.8 Å². The van der Waals surface area contributed by atoms with E-state index in [2.05, 4.69) is 31.0 Å². The Morgan fingerprint density at radius 2 is 2.17 bits per heavy atom. The maximum Gasteiger partial charge on any atom is 0.241 e. The molecular weight excluding hydrogens is 228 g/mol. The fourth-order valence-corrected chi connectivity index (χ4v) is 3.27. The first-order chi connectivity index (χ1) is 8.58. The molecule has 2 rings (SSSR count). The Morgan fingerprint density at radius 3 is 2.67 bits per heavy atom. The number of hydrogen-bond acceptors (Lipinski definition) is 3. The summed E-state index contributed by atoms with van der Waals surface area (Å²) in [5.74, 6) is 0.741. The van der Waals surface area contributed by atoms with Gasteiger partial charge in [0.25, 0.3) is 0 Å². The second kappa shape index (κ2) is 5.57. The van der Waals surface area contributed by atoms with Crippen LogP contribution in [-0.2, 0) is 9.53 Å². The lowest BCUT2D eigenvalue weighted by Gasteiger charge is -2.32. The Labute approximate surface area is 110 Å². The number of methoxy groups -OCH3 is 1. The molecule has 0 radical (unpaired) electrons. The summed E-state index contributed by atoms with van der Waals surface area (Å²) in [6, 6.07) is 0.373. The number of carbonyl (C=O) groups is 1. The molecule has 4 unspecified atom stereocenters. The largest absolute Gasteiger partial charge is 0.381 e. The van der Waals surface area contributed by atoms with E-state index in [1.165, 1.54) is 0 Å². The van der Waals surface area contributed by atoms with Crippen molar-refractivity contribution in [1.29, 1.82) is 0 Å². The molecule has 18 heavy (non-hydrogen) atoms. The van der Waals surface area contributed by atoms with Gasteiger partial charge in [0.15, 0.2) is 0 Å². The van der Waals surface area contributed by atoms with Gasteiger partial charge < -0.3 is 9.64 Å². The molecule has 4 heteroatoms. The smallest absolute Gasteiger partial charge is 0.241 e. The Balaban J connectivity index is 2.11. The molecule has 1 amide bonds. The molecule has 0 aromatic rings. The number of nitrogens with one attached hydrogen (secondary N) is 1. The van der Waals surface area contributed by atoms with Gasteiger partial charge in [-0.2, -0.15) is 0 Å². The van der Waals surface area contributed by atoms with Crippen molar-refractivity contribution in [3.8, 4) is 0 Å². The summed E-state index contributed by atoms with van der Waals surface area (Å²) < 4.78 is 5.43. The molecule has 1 saturated heterocycles. The highest BCUT2D eigenvalue weighted by molar-refractivity contribution is 5.84. The summed E-state index contributed by atoms with van der Waals surface area (Å²) in [7, 11) is 1.77. The molecule has 2 fully saturated rings. The van der Waals surface area contributed by atoms with E-state index in [4.69, 9.17) is 4.74 Å². The predicted octanol–water partition coefficient (Wildman–Crippen LogP) is 1.75. The Morgan fingerprint density at radius 1 is 1.44 bits per heavy atom. The average molecular weight is 254 g/mol. The van der Waals surface area contributed by atoms with Gasteiger partial charge in [-0.25, -0.2) is 0 Å². The number of nitrogens with zero attached hydrogens (tertiary/aromatic N) is 1. The molecule has 0 aromatic carbocycles. The van der Waals surface area contributed by atoms with Gasteiger partial charge in [-0.05, 0) is 31.6 Å². The zero-order valence-corrected chi connectivity index (χ0v) is 12.0. The van der Waals surface area contributed by atoms with E-state index < -0.39 is 0 Å². The van der Waals surface area contributed by atoms with Crippen molar-refractivity contribution in [3.63, 3.8) is 0 Å². The van der Waals surface area contributed by atoms with Crippen LogP contribution in [0.4, 0.5) is 0 Å². The maximum atomic E-state index is 12.5. The minimum atomic E-state index is 0.0130. The van der Waals surface area contributed by atoms with Crippen molar-refractivity contribution in [2.24, 2.45) is 5.92 Å². The van der Waals surface area contributed by atoms with Gasteiger partial charge in [0.05, 0.1) is 18.3 Å². The van der Waals surface area contributed by atoms with Crippen LogP contribution >= 0.6 is 0 Å². The highest BCUT2D eigenvalue weighted by atomic mass is 16.5. The van der Waals surface area contributed by atoms with Gasteiger partial charge in [0.2, 0.25) is 5.91 Å². The first kappa shape index (κ1) is 13.8. The number of hydrogen-bond donors (Lipinski definition) is 1. The third-order valence-electron chi connectivity index (χ3n) is 4.35. The van der Waals surface area contributed by atoms with E-state index in [1.807, 2.05) is 0 Å². The van der Waals surface area contributed by atoms with E-state index in [-0.39, 0.29) is 18.1 Å². The van der Waals surface area contributed by atoms with Gasteiger partial charge in [-0.15, -0.1) is 0 Å². The van der Waals surface area contributed by atoms with Crippen molar-refractivity contribution in [1.82, 2.24) is 10.2 Å². The fraction of sp³-hybridized carbons (Fsp3) is 0.929. The van der Waals surface area contributed by atoms with Gasteiger partial charge in [-0.3, -0.25) is 10.1 Å². The van der Waals surface area contributed by atoms with E-state index in [0.717, 1.165) is 25.7 Å². The van der Waals surface area contributed by atoms with E-state index >= 15 is 0 Å². The molecule has 0 aromatic heterocycles. The predicted molar refractivity (Wildman–Crippen MR) is 71.1 cm³/mol. The number of carbonyl (C=O) groups excluding carboxylic acids is 1. The van der Waals surface area contributed by atoms with Crippen LogP contribution in [0.1, 0.15) is 46.5 Å². The third-order valence-corrected chi connectivity index (χ3v) is 4.35. The molecule has 4 nitrogen and oxygen atoms in total. The second-order valence-electron chi connectivity index (χ2n) is 5.89. The SMILES string of the molecule is CCC1NC(C(C)C)N(C2CCC(OC)C2)C1=O. The maximum absolute atomic E-state index is 12.5. The lowest BCUT2D eigenvalue weighted by Crippen LogP contribution is -2.46. The highest BCUT2D eigenvalue weighted by Gasteiger charge is 2.44. The van der Waals surface area contributed by atoms with Crippen LogP contribution in [0, 0.1) is 5.92 Å². The van der Waals surface area contributed by atoms with Crippen molar-refractivity contribution in [2.45, 2.75) is 70.8 Å². The Bertz CT molecular complexity index is 306. The molecule has 0 bridgehead atoms. The molecule has 1 saturated carbocycles. The van der Waals surface area contributed by atoms with Crippen molar-refractivity contribution in [2.75, 3.05) is 7.11 Å². The third kappa shape index (κ3) is 2.41. The van der Waals surface area contributed by atoms with E-state index in [1.54, 1.807) is 7.11 Å². The Kier molecular flexibility index (Phi) is 4.28. The van der Waals surface area contributed by atoms with Crippen LogP contribution in [0.5, 0.6) is 0 Å². The molecule has 104 valence electrons. The first-order valence-corrected chi connectivity index (χ1v) is 7.19. The van der Waals surface area contributed by atoms with Crippen LogP contribution in [0.25, 0.3) is 0 Å². The lowest BCUT2D eigenvalue weighted by molar-refractivity contribution is -0.133. The minimum Gasteiger partial charge on any atom is -0.381 e.